The molecule has 0 bridgehead atoms. The van der Waals surface area contributed by atoms with Gasteiger partial charge in [0, 0.05) is 30.2 Å². The van der Waals surface area contributed by atoms with Gasteiger partial charge in [0.15, 0.2) is 5.01 Å². The van der Waals surface area contributed by atoms with E-state index in [0.29, 0.717) is 16.2 Å². The first kappa shape index (κ1) is 14.7. The number of hydrogen-bond donors (Lipinski definition) is 0. The number of rotatable bonds is 4. The van der Waals surface area contributed by atoms with Crippen molar-refractivity contribution in [3.63, 3.8) is 0 Å². The second-order valence-corrected chi connectivity index (χ2v) is 6.15. The number of aromatic nitrogens is 2. The molecule has 0 aliphatic heterocycles. The number of anilines is 1. The first-order chi connectivity index (χ1) is 10.6. The number of benzene rings is 1. The van der Waals surface area contributed by atoms with Crippen LogP contribution in [0.3, 0.4) is 0 Å². The summed E-state index contributed by atoms with van der Waals surface area (Å²) >= 11 is 1.39. The van der Waals surface area contributed by atoms with Crippen LogP contribution in [0.4, 0.5) is 5.69 Å². The van der Waals surface area contributed by atoms with Crippen molar-refractivity contribution in [3.8, 4) is 10.6 Å². The first-order valence-electron chi connectivity index (χ1n) is 7.25. The molecule has 1 aromatic carbocycles. The zero-order valence-corrected chi connectivity index (χ0v) is 13.6. The van der Waals surface area contributed by atoms with Crippen molar-refractivity contribution in [3.05, 3.63) is 39.7 Å². The van der Waals surface area contributed by atoms with Crippen LogP contribution in [0.2, 0.25) is 0 Å². The molecule has 0 aliphatic rings. The van der Waals surface area contributed by atoms with Gasteiger partial charge in [-0.15, -0.1) is 10.2 Å². The molecule has 22 heavy (non-hydrogen) atoms. The molecule has 3 aromatic rings. The highest BCUT2D eigenvalue weighted by atomic mass is 32.1. The van der Waals surface area contributed by atoms with E-state index in [0.717, 1.165) is 29.2 Å². The molecular weight excluding hydrogens is 298 g/mol. The minimum absolute atomic E-state index is 0.375. The Bertz CT molecular complexity index is 865. The van der Waals surface area contributed by atoms with Crippen LogP contribution in [-0.4, -0.2) is 23.3 Å². The second kappa shape index (κ2) is 5.88. The normalized spacial score (nSPS) is 11.0. The minimum Gasteiger partial charge on any atom is -0.422 e. The largest absolute Gasteiger partial charge is 0.422 e. The molecule has 2 heterocycles. The Morgan fingerprint density at radius 1 is 1.18 bits per heavy atom. The zero-order valence-electron chi connectivity index (χ0n) is 12.8. The number of hydrogen-bond acceptors (Lipinski definition) is 6. The summed E-state index contributed by atoms with van der Waals surface area (Å²) in [7, 11) is 0. The summed E-state index contributed by atoms with van der Waals surface area (Å²) in [6, 6.07) is 7.76. The second-order valence-electron chi connectivity index (χ2n) is 4.97. The van der Waals surface area contributed by atoms with Gasteiger partial charge in [0.2, 0.25) is 0 Å². The van der Waals surface area contributed by atoms with Gasteiger partial charge < -0.3 is 9.32 Å². The first-order valence-corrected chi connectivity index (χ1v) is 8.07. The fourth-order valence-electron chi connectivity index (χ4n) is 2.44. The van der Waals surface area contributed by atoms with Crippen LogP contribution in [0.25, 0.3) is 21.5 Å². The van der Waals surface area contributed by atoms with E-state index in [1.165, 1.54) is 11.3 Å². The van der Waals surface area contributed by atoms with Crippen LogP contribution in [0, 0.1) is 6.92 Å². The lowest BCUT2D eigenvalue weighted by Crippen LogP contribution is -2.21. The SMILES string of the molecule is CCN(CC)c1ccc2cc(-c3nnc(C)s3)c(=O)oc2c1. The Morgan fingerprint density at radius 3 is 2.59 bits per heavy atom. The maximum atomic E-state index is 12.2. The maximum absolute atomic E-state index is 12.2. The number of fused-ring (bicyclic) bond motifs is 1. The van der Waals surface area contributed by atoms with Crippen molar-refractivity contribution in [2.24, 2.45) is 0 Å². The molecule has 0 spiro atoms. The molecular formula is C16H17N3O2S. The molecule has 0 saturated heterocycles. The van der Waals surface area contributed by atoms with Crippen LogP contribution in [0.5, 0.6) is 0 Å². The average Bonchev–Trinajstić information content (AvgIpc) is 2.94. The van der Waals surface area contributed by atoms with E-state index in [2.05, 4.69) is 28.9 Å². The van der Waals surface area contributed by atoms with Crippen LogP contribution in [-0.2, 0) is 0 Å². The molecule has 0 saturated carbocycles. The van der Waals surface area contributed by atoms with Crippen LogP contribution >= 0.6 is 11.3 Å². The van der Waals surface area contributed by atoms with Crippen LogP contribution in [0.1, 0.15) is 18.9 Å². The molecule has 3 rings (SSSR count). The standard InChI is InChI=1S/C16H17N3O2S/c1-4-19(5-2)12-7-6-11-8-13(15-18-17-10(3)22-15)16(20)21-14(11)9-12/h6-9H,4-5H2,1-3H3. The molecule has 114 valence electrons. The Hall–Kier alpha value is -2.21. The summed E-state index contributed by atoms with van der Waals surface area (Å²) in [5, 5.41) is 10.3. The average molecular weight is 315 g/mol. The van der Waals surface area contributed by atoms with Gasteiger partial charge in [0.1, 0.15) is 10.6 Å². The third-order valence-electron chi connectivity index (χ3n) is 3.60. The Kier molecular flexibility index (Phi) is 3.94. The lowest BCUT2D eigenvalue weighted by Gasteiger charge is -2.20. The van der Waals surface area contributed by atoms with Crippen molar-refractivity contribution in [1.82, 2.24) is 10.2 Å². The lowest BCUT2D eigenvalue weighted by atomic mass is 10.1. The summed E-state index contributed by atoms with van der Waals surface area (Å²) in [6.45, 7) is 7.89. The highest BCUT2D eigenvalue weighted by Crippen LogP contribution is 2.26. The van der Waals surface area contributed by atoms with Crippen molar-refractivity contribution in [2.75, 3.05) is 18.0 Å². The Labute approximate surface area is 132 Å². The summed E-state index contributed by atoms with van der Waals surface area (Å²) in [4.78, 5) is 14.4. The lowest BCUT2D eigenvalue weighted by molar-refractivity contribution is 0.563. The quantitative estimate of drug-likeness (QED) is 0.690. The molecule has 0 N–H and O–H groups in total. The van der Waals surface area contributed by atoms with Gasteiger partial charge >= 0.3 is 5.63 Å². The van der Waals surface area contributed by atoms with Gasteiger partial charge in [0.05, 0.1) is 5.56 Å². The third-order valence-corrected chi connectivity index (χ3v) is 4.48. The fourth-order valence-corrected chi connectivity index (χ4v) is 3.14. The van der Waals surface area contributed by atoms with E-state index in [9.17, 15) is 4.79 Å². The monoisotopic (exact) mass is 315 g/mol. The Morgan fingerprint density at radius 2 is 1.95 bits per heavy atom. The fraction of sp³-hybridized carbons (Fsp3) is 0.312. The number of nitrogens with zero attached hydrogens (tertiary/aromatic N) is 3. The molecule has 5 nitrogen and oxygen atoms in total. The van der Waals surface area contributed by atoms with Crippen molar-refractivity contribution >= 4 is 28.0 Å². The predicted molar refractivity (Wildman–Crippen MR) is 89.7 cm³/mol. The van der Waals surface area contributed by atoms with Gasteiger partial charge in [-0.1, -0.05) is 11.3 Å². The molecule has 0 fully saturated rings. The summed E-state index contributed by atoms with van der Waals surface area (Å²) < 4.78 is 5.49. The smallest absolute Gasteiger partial charge is 0.346 e. The third kappa shape index (κ3) is 2.62. The minimum atomic E-state index is -0.375. The van der Waals surface area contributed by atoms with E-state index in [1.807, 2.05) is 31.2 Å². The van der Waals surface area contributed by atoms with Crippen LogP contribution in [0.15, 0.2) is 33.5 Å². The van der Waals surface area contributed by atoms with E-state index in [-0.39, 0.29) is 5.63 Å². The van der Waals surface area contributed by atoms with Crippen molar-refractivity contribution in [1.29, 1.82) is 0 Å². The topological polar surface area (TPSA) is 59.2 Å². The molecule has 0 atom stereocenters. The molecule has 2 aromatic heterocycles. The molecule has 0 unspecified atom stereocenters. The van der Waals surface area contributed by atoms with Crippen LogP contribution < -0.4 is 10.5 Å². The molecule has 0 amide bonds. The summed E-state index contributed by atoms with van der Waals surface area (Å²) in [6.07, 6.45) is 0. The zero-order chi connectivity index (χ0) is 15.7. The van der Waals surface area contributed by atoms with E-state index < -0.39 is 0 Å². The highest BCUT2D eigenvalue weighted by Gasteiger charge is 2.13. The van der Waals surface area contributed by atoms with E-state index in [1.54, 1.807) is 0 Å². The number of aryl methyl sites for hydroxylation is 1. The van der Waals surface area contributed by atoms with E-state index in [4.69, 9.17) is 4.42 Å². The predicted octanol–water partition coefficient (Wildman–Crippen LogP) is 3.47. The van der Waals surface area contributed by atoms with Gasteiger partial charge in [-0.3, -0.25) is 0 Å². The Balaban J connectivity index is 2.12. The molecule has 0 aliphatic carbocycles. The summed E-state index contributed by atoms with van der Waals surface area (Å²) in [5.74, 6) is 0. The van der Waals surface area contributed by atoms with Crippen molar-refractivity contribution < 1.29 is 4.42 Å². The summed E-state index contributed by atoms with van der Waals surface area (Å²) in [5.41, 5.74) is 1.74. The van der Waals surface area contributed by atoms with Crippen molar-refractivity contribution in [2.45, 2.75) is 20.8 Å². The van der Waals surface area contributed by atoms with Gasteiger partial charge in [0.25, 0.3) is 0 Å². The van der Waals surface area contributed by atoms with Gasteiger partial charge in [-0.25, -0.2) is 4.79 Å². The van der Waals surface area contributed by atoms with Gasteiger partial charge in [-0.2, -0.15) is 0 Å². The van der Waals surface area contributed by atoms with Gasteiger partial charge in [-0.05, 0) is 39.0 Å². The molecule has 6 heteroatoms. The van der Waals surface area contributed by atoms with E-state index >= 15 is 0 Å². The highest BCUT2D eigenvalue weighted by molar-refractivity contribution is 7.14. The maximum Gasteiger partial charge on any atom is 0.346 e. The molecule has 0 radical (unpaired) electrons.